The molecule has 98 valence electrons. The third kappa shape index (κ3) is 4.10. The van der Waals surface area contributed by atoms with Gasteiger partial charge in [0.15, 0.2) is 0 Å². The zero-order chi connectivity index (χ0) is 13.7. The van der Waals surface area contributed by atoms with Gasteiger partial charge in [-0.05, 0) is 36.2 Å². The molecule has 0 radical (unpaired) electrons. The molecule has 2 rings (SSSR count). The lowest BCUT2D eigenvalue weighted by Crippen LogP contribution is -2.19. The first-order chi connectivity index (χ1) is 9.15. The molecule has 2 aromatic carbocycles. The molecule has 0 saturated heterocycles. The minimum Gasteiger partial charge on any atom is -0.480 e. The Morgan fingerprint density at radius 3 is 2.32 bits per heavy atom. The molecule has 1 atom stereocenters. The second-order valence-corrected chi connectivity index (χ2v) is 5.36. The molecule has 2 nitrogen and oxygen atoms in total. The van der Waals surface area contributed by atoms with Crippen molar-refractivity contribution < 1.29 is 14.3 Å². The first-order valence-electron chi connectivity index (χ1n) is 5.84. The molecule has 19 heavy (non-hydrogen) atoms. The van der Waals surface area contributed by atoms with Crippen molar-refractivity contribution in [3.05, 3.63) is 66.0 Å². The molecule has 0 spiro atoms. The number of hydrogen-bond donors (Lipinski definition) is 1. The zero-order valence-electron chi connectivity index (χ0n) is 10.1. The summed E-state index contributed by atoms with van der Waals surface area (Å²) in [7, 11) is 0. The van der Waals surface area contributed by atoms with Crippen molar-refractivity contribution >= 4 is 17.7 Å². The molecule has 0 aliphatic rings. The van der Waals surface area contributed by atoms with Crippen molar-refractivity contribution in [2.75, 3.05) is 0 Å². The summed E-state index contributed by atoms with van der Waals surface area (Å²) in [5.74, 6) is -1.18. The Morgan fingerprint density at radius 2 is 1.74 bits per heavy atom. The summed E-state index contributed by atoms with van der Waals surface area (Å²) in [5, 5.41) is 8.68. The average molecular weight is 276 g/mol. The summed E-state index contributed by atoms with van der Waals surface area (Å²) >= 11 is 1.30. The third-order valence-electron chi connectivity index (χ3n) is 2.63. The van der Waals surface area contributed by atoms with E-state index in [9.17, 15) is 14.3 Å². The van der Waals surface area contributed by atoms with Gasteiger partial charge in [0.1, 0.15) is 11.1 Å². The van der Waals surface area contributed by atoms with Crippen molar-refractivity contribution in [3.8, 4) is 0 Å². The fourth-order valence-electron chi connectivity index (χ4n) is 1.68. The first-order valence-corrected chi connectivity index (χ1v) is 6.72. The molecule has 1 unspecified atom stereocenters. The number of thioether (sulfide) groups is 1. The van der Waals surface area contributed by atoms with E-state index in [4.69, 9.17) is 0 Å². The number of carbonyl (C=O) groups is 1. The van der Waals surface area contributed by atoms with E-state index in [1.807, 2.05) is 30.3 Å². The van der Waals surface area contributed by atoms with Gasteiger partial charge in [0.2, 0.25) is 0 Å². The predicted octanol–water partition coefficient (Wildman–Crippen LogP) is 3.61. The summed E-state index contributed by atoms with van der Waals surface area (Å²) in [6, 6.07) is 15.3. The van der Waals surface area contributed by atoms with E-state index < -0.39 is 11.2 Å². The van der Waals surface area contributed by atoms with Gasteiger partial charge >= 0.3 is 5.97 Å². The Balaban J connectivity index is 2.08. The molecular weight excluding hydrogens is 263 g/mol. The Kier molecular flexibility index (Phi) is 4.58. The van der Waals surface area contributed by atoms with Crippen LogP contribution in [0.5, 0.6) is 0 Å². The first kappa shape index (κ1) is 13.6. The average Bonchev–Trinajstić information content (AvgIpc) is 2.41. The predicted molar refractivity (Wildman–Crippen MR) is 73.8 cm³/mol. The Labute approximate surface area is 115 Å². The standard InChI is InChI=1S/C15H13FO2S/c16-12-8-6-11(7-9-12)10-14(15(17)18)19-13-4-2-1-3-5-13/h1-9,14H,10H2,(H,17,18). The highest BCUT2D eigenvalue weighted by molar-refractivity contribution is 8.00. The fourth-order valence-corrected chi connectivity index (χ4v) is 2.70. The third-order valence-corrected chi connectivity index (χ3v) is 3.83. The molecule has 1 N–H and O–H groups in total. The van der Waals surface area contributed by atoms with Crippen LogP contribution in [0.25, 0.3) is 0 Å². The van der Waals surface area contributed by atoms with Crippen LogP contribution in [0, 0.1) is 5.82 Å². The van der Waals surface area contributed by atoms with Crippen LogP contribution in [0.15, 0.2) is 59.5 Å². The van der Waals surface area contributed by atoms with Crippen LogP contribution >= 0.6 is 11.8 Å². The van der Waals surface area contributed by atoms with Crippen LogP contribution in [0.3, 0.4) is 0 Å². The van der Waals surface area contributed by atoms with Gasteiger partial charge in [0.25, 0.3) is 0 Å². The zero-order valence-corrected chi connectivity index (χ0v) is 10.9. The number of hydrogen-bond acceptors (Lipinski definition) is 2. The molecule has 0 aliphatic heterocycles. The summed E-state index contributed by atoms with van der Waals surface area (Å²) in [4.78, 5) is 12.2. The van der Waals surface area contributed by atoms with Gasteiger partial charge in [0, 0.05) is 4.90 Å². The number of halogens is 1. The molecule has 0 saturated carbocycles. The number of aliphatic carboxylic acids is 1. The Hall–Kier alpha value is -1.81. The second kappa shape index (κ2) is 6.38. The molecule has 4 heteroatoms. The van der Waals surface area contributed by atoms with Gasteiger partial charge in [-0.25, -0.2) is 4.39 Å². The maximum atomic E-state index is 12.8. The SMILES string of the molecule is O=C(O)C(Cc1ccc(F)cc1)Sc1ccccc1. The highest BCUT2D eigenvalue weighted by Crippen LogP contribution is 2.26. The lowest BCUT2D eigenvalue weighted by atomic mass is 10.1. The highest BCUT2D eigenvalue weighted by Gasteiger charge is 2.19. The van der Waals surface area contributed by atoms with Gasteiger partial charge in [-0.2, -0.15) is 0 Å². The molecule has 0 aliphatic carbocycles. The molecule has 2 aromatic rings. The highest BCUT2D eigenvalue weighted by atomic mass is 32.2. The second-order valence-electron chi connectivity index (χ2n) is 4.09. The van der Waals surface area contributed by atoms with Crippen molar-refractivity contribution in [2.24, 2.45) is 0 Å². The van der Waals surface area contributed by atoms with E-state index in [0.717, 1.165) is 10.5 Å². The molecule has 0 amide bonds. The number of benzene rings is 2. The topological polar surface area (TPSA) is 37.3 Å². The lowest BCUT2D eigenvalue weighted by molar-refractivity contribution is -0.136. The minimum absolute atomic E-state index is 0.314. The van der Waals surface area contributed by atoms with Crippen LogP contribution in [0.4, 0.5) is 4.39 Å². The summed E-state index contributed by atoms with van der Waals surface area (Å²) in [5.41, 5.74) is 0.817. The van der Waals surface area contributed by atoms with E-state index in [0.29, 0.717) is 6.42 Å². The van der Waals surface area contributed by atoms with Crippen molar-refractivity contribution in [1.82, 2.24) is 0 Å². The fraction of sp³-hybridized carbons (Fsp3) is 0.133. The number of carboxylic acids is 1. The van der Waals surface area contributed by atoms with Gasteiger partial charge in [0.05, 0.1) is 0 Å². The van der Waals surface area contributed by atoms with Crippen LogP contribution in [-0.4, -0.2) is 16.3 Å². The summed E-state index contributed by atoms with van der Waals surface area (Å²) in [6.07, 6.45) is 0.370. The molecule has 0 aromatic heterocycles. The van der Waals surface area contributed by atoms with Crippen molar-refractivity contribution in [2.45, 2.75) is 16.6 Å². The summed E-state index contributed by atoms with van der Waals surface area (Å²) < 4.78 is 12.8. The minimum atomic E-state index is -0.863. The maximum Gasteiger partial charge on any atom is 0.317 e. The smallest absolute Gasteiger partial charge is 0.317 e. The van der Waals surface area contributed by atoms with E-state index in [1.54, 1.807) is 12.1 Å². The Bertz CT molecular complexity index is 540. The maximum absolute atomic E-state index is 12.8. The number of rotatable bonds is 5. The lowest BCUT2D eigenvalue weighted by Gasteiger charge is -2.12. The largest absolute Gasteiger partial charge is 0.480 e. The van der Waals surface area contributed by atoms with Gasteiger partial charge in [-0.15, -0.1) is 11.8 Å². The summed E-state index contributed by atoms with van der Waals surface area (Å²) in [6.45, 7) is 0. The molecule has 0 fully saturated rings. The molecule has 0 heterocycles. The van der Waals surface area contributed by atoms with Gasteiger partial charge < -0.3 is 5.11 Å². The van der Waals surface area contributed by atoms with Crippen LogP contribution in [0.2, 0.25) is 0 Å². The van der Waals surface area contributed by atoms with Crippen molar-refractivity contribution in [3.63, 3.8) is 0 Å². The van der Waals surface area contributed by atoms with E-state index >= 15 is 0 Å². The van der Waals surface area contributed by atoms with Crippen molar-refractivity contribution in [1.29, 1.82) is 0 Å². The Morgan fingerprint density at radius 1 is 1.11 bits per heavy atom. The quantitative estimate of drug-likeness (QED) is 0.848. The van der Waals surface area contributed by atoms with Crippen LogP contribution in [-0.2, 0) is 11.2 Å². The van der Waals surface area contributed by atoms with Gasteiger partial charge in [-0.3, -0.25) is 4.79 Å². The van der Waals surface area contributed by atoms with Gasteiger partial charge in [-0.1, -0.05) is 30.3 Å². The van der Waals surface area contributed by atoms with Crippen LogP contribution < -0.4 is 0 Å². The van der Waals surface area contributed by atoms with E-state index in [2.05, 4.69) is 0 Å². The van der Waals surface area contributed by atoms with E-state index in [-0.39, 0.29) is 5.82 Å². The molecular formula is C15H13FO2S. The normalized spacial score (nSPS) is 12.1. The van der Waals surface area contributed by atoms with E-state index in [1.165, 1.54) is 23.9 Å². The monoisotopic (exact) mass is 276 g/mol. The number of carboxylic acid groups (broad SMARTS) is 1. The molecule has 0 bridgehead atoms. The van der Waals surface area contributed by atoms with Crippen LogP contribution in [0.1, 0.15) is 5.56 Å².